The number of nitrogens with one attached hydrogen (secondary N) is 2. The topological polar surface area (TPSA) is 125 Å². The Kier molecular flexibility index (Phi) is 8.81. The average molecular weight is 546 g/mol. The minimum Gasteiger partial charge on any atom is -0.350 e. The lowest BCUT2D eigenvalue weighted by molar-refractivity contribution is -0.125. The number of rotatable bonds is 11. The molecule has 0 bridgehead atoms. The number of halogens is 1. The van der Waals surface area contributed by atoms with Crippen LogP contribution >= 0.6 is 0 Å². The molecule has 11 heteroatoms. The van der Waals surface area contributed by atoms with E-state index in [0.29, 0.717) is 18.7 Å². The van der Waals surface area contributed by atoms with Crippen LogP contribution in [0.4, 0.5) is 10.1 Å². The van der Waals surface area contributed by atoms with Crippen molar-refractivity contribution in [3.05, 3.63) is 66.0 Å². The van der Waals surface area contributed by atoms with Crippen LogP contribution in [-0.4, -0.2) is 66.1 Å². The second-order valence-electron chi connectivity index (χ2n) is 10.2. The predicted octanol–water partition coefficient (Wildman–Crippen LogP) is 2.26. The maximum Gasteiger partial charge on any atom is 0.283 e. The highest BCUT2D eigenvalue weighted by Crippen LogP contribution is 2.34. The molecule has 2 aromatic rings. The van der Waals surface area contributed by atoms with E-state index in [4.69, 9.17) is 5.73 Å². The standard InChI is InChI=1S/C27H36FN5O4S/c1-18(26(34)30-22-10-8-21(28)9-11-22)16-24(29)25(17-20-6-4-3-5-7-20)31-27(35)19(2)32-14-15-33(23-12-13-23)38(32,36)37/h3-11,18-19,23-25H,12-17,29H2,1-2H3,(H,30,34)(H,31,35)/t18-,19-,24+,25+/m1/s1. The zero-order valence-corrected chi connectivity index (χ0v) is 22.5. The fraction of sp³-hybridized carbons (Fsp3) is 0.481. The Morgan fingerprint density at radius 2 is 1.68 bits per heavy atom. The van der Waals surface area contributed by atoms with Crippen LogP contribution in [0, 0.1) is 11.7 Å². The minimum atomic E-state index is -3.69. The molecule has 0 aromatic heterocycles. The van der Waals surface area contributed by atoms with Crippen molar-refractivity contribution < 1.29 is 22.4 Å². The van der Waals surface area contributed by atoms with Gasteiger partial charge in [0.1, 0.15) is 11.9 Å². The molecule has 1 aliphatic heterocycles. The third kappa shape index (κ3) is 6.76. The fourth-order valence-electron chi connectivity index (χ4n) is 4.78. The number of hydrogen-bond donors (Lipinski definition) is 3. The molecule has 0 spiro atoms. The number of benzene rings is 2. The first kappa shape index (κ1) is 28.2. The molecule has 2 aromatic carbocycles. The summed E-state index contributed by atoms with van der Waals surface area (Å²) in [7, 11) is -3.69. The number of nitrogens with zero attached hydrogens (tertiary/aromatic N) is 2. The van der Waals surface area contributed by atoms with Crippen LogP contribution in [-0.2, 0) is 26.2 Å². The van der Waals surface area contributed by atoms with Crippen molar-refractivity contribution in [1.29, 1.82) is 0 Å². The minimum absolute atomic E-state index is 0.0436. The average Bonchev–Trinajstić information content (AvgIpc) is 3.67. The lowest BCUT2D eigenvalue weighted by Crippen LogP contribution is -2.55. The molecule has 1 saturated carbocycles. The van der Waals surface area contributed by atoms with Crippen molar-refractivity contribution in [2.45, 2.75) is 63.7 Å². The molecule has 0 unspecified atom stereocenters. The normalized spacial score (nSPS) is 20.8. The smallest absolute Gasteiger partial charge is 0.283 e. The van der Waals surface area contributed by atoms with Crippen LogP contribution in [0.3, 0.4) is 0 Å². The van der Waals surface area contributed by atoms with E-state index in [0.717, 1.165) is 18.4 Å². The number of carbonyl (C=O) groups excluding carboxylic acids is 2. The Labute approximate surface area is 223 Å². The van der Waals surface area contributed by atoms with E-state index in [9.17, 15) is 22.4 Å². The lowest BCUT2D eigenvalue weighted by atomic mass is 9.92. The summed E-state index contributed by atoms with van der Waals surface area (Å²) in [6.45, 7) is 3.99. The Bertz CT molecular complexity index is 1220. The number of nitrogens with two attached hydrogens (primary N) is 1. The van der Waals surface area contributed by atoms with Gasteiger partial charge < -0.3 is 16.4 Å². The highest BCUT2D eigenvalue weighted by Gasteiger charge is 2.47. The Hall–Kier alpha value is -2.86. The quantitative estimate of drug-likeness (QED) is 0.400. The summed E-state index contributed by atoms with van der Waals surface area (Å²) in [5.74, 6) is -1.58. The highest BCUT2D eigenvalue weighted by molar-refractivity contribution is 7.87. The lowest BCUT2D eigenvalue weighted by Gasteiger charge is -2.30. The molecular formula is C27H36FN5O4S. The molecule has 206 valence electrons. The van der Waals surface area contributed by atoms with E-state index in [-0.39, 0.29) is 24.9 Å². The Balaban J connectivity index is 1.42. The highest BCUT2D eigenvalue weighted by atomic mass is 32.2. The van der Waals surface area contributed by atoms with Crippen LogP contribution in [0.25, 0.3) is 0 Å². The van der Waals surface area contributed by atoms with E-state index in [1.165, 1.54) is 32.9 Å². The van der Waals surface area contributed by atoms with Crippen LogP contribution in [0.15, 0.2) is 54.6 Å². The first-order chi connectivity index (χ1) is 18.1. The van der Waals surface area contributed by atoms with E-state index in [2.05, 4.69) is 10.6 Å². The molecular weight excluding hydrogens is 509 g/mol. The molecule has 0 radical (unpaired) electrons. The van der Waals surface area contributed by atoms with Gasteiger partial charge in [0.15, 0.2) is 0 Å². The van der Waals surface area contributed by atoms with Crippen LogP contribution in [0.5, 0.6) is 0 Å². The second kappa shape index (κ2) is 11.9. The summed E-state index contributed by atoms with van der Waals surface area (Å²) in [4.78, 5) is 26.1. The molecule has 1 aliphatic carbocycles. The molecule has 4 rings (SSSR count). The number of hydrogen-bond acceptors (Lipinski definition) is 5. The first-order valence-electron chi connectivity index (χ1n) is 13.0. The van der Waals surface area contributed by atoms with Crippen molar-refractivity contribution in [3.8, 4) is 0 Å². The fourth-order valence-corrected chi connectivity index (χ4v) is 6.76. The maximum absolute atomic E-state index is 13.3. The van der Waals surface area contributed by atoms with Gasteiger partial charge in [-0.15, -0.1) is 0 Å². The Morgan fingerprint density at radius 3 is 2.32 bits per heavy atom. The molecule has 4 N–H and O–H groups in total. The van der Waals surface area contributed by atoms with Gasteiger partial charge in [0.05, 0.1) is 0 Å². The number of anilines is 1. The first-order valence-corrected chi connectivity index (χ1v) is 14.4. The van der Waals surface area contributed by atoms with Crippen LogP contribution in [0.2, 0.25) is 0 Å². The summed E-state index contributed by atoms with van der Waals surface area (Å²) in [5.41, 5.74) is 7.99. The van der Waals surface area contributed by atoms with E-state index in [1.54, 1.807) is 13.8 Å². The molecule has 1 heterocycles. The van der Waals surface area contributed by atoms with Gasteiger partial charge in [-0.3, -0.25) is 9.59 Å². The van der Waals surface area contributed by atoms with Gasteiger partial charge in [-0.1, -0.05) is 37.3 Å². The predicted molar refractivity (Wildman–Crippen MR) is 144 cm³/mol. The van der Waals surface area contributed by atoms with Gasteiger partial charge in [0.2, 0.25) is 11.8 Å². The Morgan fingerprint density at radius 1 is 1.03 bits per heavy atom. The van der Waals surface area contributed by atoms with Gasteiger partial charge in [0, 0.05) is 42.8 Å². The molecule has 4 atom stereocenters. The zero-order valence-electron chi connectivity index (χ0n) is 21.7. The third-order valence-corrected chi connectivity index (χ3v) is 9.39. The van der Waals surface area contributed by atoms with Crippen molar-refractivity contribution >= 4 is 27.7 Å². The molecule has 9 nitrogen and oxygen atoms in total. The maximum atomic E-state index is 13.3. The van der Waals surface area contributed by atoms with Crippen molar-refractivity contribution in [1.82, 2.24) is 13.9 Å². The van der Waals surface area contributed by atoms with E-state index >= 15 is 0 Å². The van der Waals surface area contributed by atoms with E-state index in [1.807, 2.05) is 30.3 Å². The molecule has 2 amide bonds. The summed E-state index contributed by atoms with van der Waals surface area (Å²) in [5, 5.41) is 5.74. The second-order valence-corrected chi connectivity index (χ2v) is 12.1. The van der Waals surface area contributed by atoms with Crippen molar-refractivity contribution in [2.75, 3.05) is 18.4 Å². The third-order valence-electron chi connectivity index (χ3n) is 7.23. The summed E-state index contributed by atoms with van der Waals surface area (Å²) >= 11 is 0. The molecule has 1 saturated heterocycles. The largest absolute Gasteiger partial charge is 0.350 e. The zero-order chi connectivity index (χ0) is 27.4. The SMILES string of the molecule is C[C@H](C[C@H](N)[C@H](Cc1ccccc1)NC(=O)[C@@H](C)N1CCN(C2CC2)S1(=O)=O)C(=O)Nc1ccc(F)cc1. The van der Waals surface area contributed by atoms with Gasteiger partial charge in [-0.25, -0.2) is 4.39 Å². The molecule has 2 fully saturated rings. The number of amides is 2. The molecule has 38 heavy (non-hydrogen) atoms. The van der Waals surface area contributed by atoms with Gasteiger partial charge in [-0.2, -0.15) is 17.0 Å². The van der Waals surface area contributed by atoms with Gasteiger partial charge in [-0.05, 0) is 62.4 Å². The van der Waals surface area contributed by atoms with E-state index < -0.39 is 46.0 Å². The van der Waals surface area contributed by atoms with Crippen LogP contribution < -0.4 is 16.4 Å². The van der Waals surface area contributed by atoms with Gasteiger partial charge in [0.25, 0.3) is 10.2 Å². The van der Waals surface area contributed by atoms with Gasteiger partial charge >= 0.3 is 0 Å². The van der Waals surface area contributed by atoms with Crippen molar-refractivity contribution in [2.24, 2.45) is 11.7 Å². The summed E-state index contributed by atoms with van der Waals surface area (Å²) in [6.07, 6.45) is 2.41. The number of carbonyl (C=O) groups is 2. The summed E-state index contributed by atoms with van der Waals surface area (Å²) in [6, 6.07) is 13.1. The molecule has 2 aliphatic rings. The summed E-state index contributed by atoms with van der Waals surface area (Å²) < 4.78 is 41.9. The van der Waals surface area contributed by atoms with Crippen molar-refractivity contribution in [3.63, 3.8) is 0 Å². The van der Waals surface area contributed by atoms with Crippen LogP contribution in [0.1, 0.15) is 38.7 Å². The monoisotopic (exact) mass is 545 g/mol.